The summed E-state index contributed by atoms with van der Waals surface area (Å²) in [4.78, 5) is 23.9. The number of nitrogens with one attached hydrogen (secondary N) is 1. The van der Waals surface area contributed by atoms with Gasteiger partial charge in [-0.2, -0.15) is 4.31 Å². The molecule has 0 saturated carbocycles. The van der Waals surface area contributed by atoms with Gasteiger partial charge >= 0.3 is 0 Å². The molecule has 0 spiro atoms. The molecule has 1 aliphatic heterocycles. The van der Waals surface area contributed by atoms with Crippen LogP contribution in [0.2, 0.25) is 0 Å². The molecular formula is C23H26N2O4S. The molecule has 158 valence electrons. The summed E-state index contributed by atoms with van der Waals surface area (Å²) >= 11 is 0. The van der Waals surface area contributed by atoms with Crippen molar-refractivity contribution < 1.29 is 18.0 Å². The Hall–Kier alpha value is -2.77. The fraction of sp³-hybridized carbons (Fsp3) is 0.304. The summed E-state index contributed by atoms with van der Waals surface area (Å²) < 4.78 is 27.2. The topological polar surface area (TPSA) is 83.5 Å². The maximum absolute atomic E-state index is 12.8. The van der Waals surface area contributed by atoms with Gasteiger partial charge in [0.15, 0.2) is 5.78 Å². The van der Waals surface area contributed by atoms with Crippen LogP contribution < -0.4 is 5.32 Å². The summed E-state index contributed by atoms with van der Waals surface area (Å²) in [6.45, 7) is 2.60. The van der Waals surface area contributed by atoms with Gasteiger partial charge in [-0.05, 0) is 55.7 Å². The lowest BCUT2D eigenvalue weighted by molar-refractivity contribution is -0.111. The van der Waals surface area contributed by atoms with Gasteiger partial charge in [0.25, 0.3) is 0 Å². The lowest BCUT2D eigenvalue weighted by Gasteiger charge is -2.19. The molecule has 6 nitrogen and oxygen atoms in total. The molecule has 1 saturated heterocycles. The third kappa shape index (κ3) is 5.64. The predicted molar refractivity (Wildman–Crippen MR) is 118 cm³/mol. The Kier molecular flexibility index (Phi) is 7.18. The van der Waals surface area contributed by atoms with Gasteiger partial charge in [-0.25, -0.2) is 8.42 Å². The average molecular weight is 427 g/mol. The second-order valence-electron chi connectivity index (χ2n) is 7.35. The van der Waals surface area contributed by atoms with Crippen LogP contribution in [0.15, 0.2) is 59.5 Å². The normalized spacial score (nSPS) is 15.6. The minimum atomic E-state index is -3.48. The maximum atomic E-state index is 12.8. The Morgan fingerprint density at radius 2 is 1.63 bits per heavy atom. The van der Waals surface area contributed by atoms with Crippen molar-refractivity contribution in [1.29, 1.82) is 0 Å². The zero-order valence-electron chi connectivity index (χ0n) is 17.0. The van der Waals surface area contributed by atoms with Crippen LogP contribution in [-0.2, 0) is 14.8 Å². The van der Waals surface area contributed by atoms with Gasteiger partial charge in [0.2, 0.25) is 15.9 Å². The largest absolute Gasteiger partial charge is 0.322 e. The molecule has 0 aromatic heterocycles. The quantitative estimate of drug-likeness (QED) is 0.557. The molecule has 1 amide bonds. The summed E-state index contributed by atoms with van der Waals surface area (Å²) in [6, 6.07) is 13.3. The van der Waals surface area contributed by atoms with Crippen LogP contribution in [-0.4, -0.2) is 37.5 Å². The van der Waals surface area contributed by atoms with Gasteiger partial charge in [0.1, 0.15) is 0 Å². The monoisotopic (exact) mass is 426 g/mol. The van der Waals surface area contributed by atoms with Crippen molar-refractivity contribution in [2.75, 3.05) is 18.4 Å². The van der Waals surface area contributed by atoms with Crippen LogP contribution in [0, 0.1) is 0 Å². The number of carbonyl (C=O) groups is 2. The van der Waals surface area contributed by atoms with Gasteiger partial charge < -0.3 is 5.32 Å². The van der Waals surface area contributed by atoms with E-state index in [0.717, 1.165) is 31.2 Å². The summed E-state index contributed by atoms with van der Waals surface area (Å²) in [5.74, 6) is -0.408. The van der Waals surface area contributed by atoms with E-state index in [4.69, 9.17) is 0 Å². The molecule has 1 aliphatic rings. The van der Waals surface area contributed by atoms with Crippen molar-refractivity contribution in [1.82, 2.24) is 4.31 Å². The second-order valence-corrected chi connectivity index (χ2v) is 9.28. The maximum Gasteiger partial charge on any atom is 0.248 e. The summed E-state index contributed by atoms with van der Waals surface area (Å²) in [7, 11) is -3.48. The molecule has 0 bridgehead atoms. The van der Waals surface area contributed by atoms with Crippen LogP contribution in [0.1, 0.15) is 48.5 Å². The number of sulfonamides is 1. The molecule has 1 N–H and O–H groups in total. The molecule has 2 aromatic rings. The van der Waals surface area contributed by atoms with E-state index in [1.54, 1.807) is 58.9 Å². The van der Waals surface area contributed by atoms with E-state index in [-0.39, 0.29) is 16.6 Å². The van der Waals surface area contributed by atoms with Crippen molar-refractivity contribution in [3.8, 4) is 0 Å². The Balaban J connectivity index is 1.64. The molecule has 3 rings (SSSR count). The molecule has 30 heavy (non-hydrogen) atoms. The third-order valence-corrected chi connectivity index (χ3v) is 6.96. The average Bonchev–Trinajstić information content (AvgIpc) is 3.03. The Morgan fingerprint density at radius 3 is 2.27 bits per heavy atom. The standard InChI is InChI=1S/C23H26N2O4S/c1-18(26)20-7-6-8-21(17-20)24-23(27)14-11-19-9-12-22(13-10-19)30(28,29)25-15-4-2-3-5-16-25/h6-14,17H,2-5,15-16H2,1H3,(H,24,27)/b14-11+. The van der Waals surface area contributed by atoms with Gasteiger partial charge in [-0.1, -0.05) is 37.1 Å². The van der Waals surface area contributed by atoms with E-state index >= 15 is 0 Å². The van der Waals surface area contributed by atoms with Crippen LogP contribution in [0.4, 0.5) is 5.69 Å². The fourth-order valence-electron chi connectivity index (χ4n) is 3.35. The highest BCUT2D eigenvalue weighted by Gasteiger charge is 2.24. The number of hydrogen-bond donors (Lipinski definition) is 1. The van der Waals surface area contributed by atoms with Crippen LogP contribution >= 0.6 is 0 Å². The first-order chi connectivity index (χ1) is 14.4. The fourth-order valence-corrected chi connectivity index (χ4v) is 4.87. The number of anilines is 1. The Morgan fingerprint density at radius 1 is 0.967 bits per heavy atom. The highest BCUT2D eigenvalue weighted by Crippen LogP contribution is 2.21. The van der Waals surface area contributed by atoms with Gasteiger partial charge in [0, 0.05) is 30.4 Å². The smallest absolute Gasteiger partial charge is 0.248 e. The minimum Gasteiger partial charge on any atom is -0.322 e. The lowest BCUT2D eigenvalue weighted by Crippen LogP contribution is -2.31. The highest BCUT2D eigenvalue weighted by molar-refractivity contribution is 7.89. The molecule has 2 aromatic carbocycles. The molecule has 0 aliphatic carbocycles. The molecular weight excluding hydrogens is 400 g/mol. The molecule has 1 heterocycles. The number of hydrogen-bond acceptors (Lipinski definition) is 4. The second kappa shape index (κ2) is 9.82. The van der Waals surface area contributed by atoms with Crippen molar-refractivity contribution in [3.05, 3.63) is 65.7 Å². The summed E-state index contributed by atoms with van der Waals surface area (Å²) in [5.41, 5.74) is 1.78. The van der Waals surface area contributed by atoms with E-state index in [1.165, 1.54) is 13.0 Å². The summed E-state index contributed by atoms with van der Waals surface area (Å²) in [5, 5.41) is 2.71. The number of nitrogens with zero attached hydrogens (tertiary/aromatic N) is 1. The lowest BCUT2D eigenvalue weighted by atomic mass is 10.1. The number of amides is 1. The molecule has 0 radical (unpaired) electrons. The Labute approximate surface area is 177 Å². The van der Waals surface area contributed by atoms with Crippen LogP contribution in [0.5, 0.6) is 0 Å². The van der Waals surface area contributed by atoms with Crippen LogP contribution in [0.25, 0.3) is 6.08 Å². The minimum absolute atomic E-state index is 0.0724. The first-order valence-corrected chi connectivity index (χ1v) is 11.5. The van der Waals surface area contributed by atoms with Crippen molar-refractivity contribution in [3.63, 3.8) is 0 Å². The van der Waals surface area contributed by atoms with E-state index in [0.29, 0.717) is 24.3 Å². The molecule has 7 heteroatoms. The summed E-state index contributed by atoms with van der Waals surface area (Å²) in [6.07, 6.45) is 6.91. The van der Waals surface area contributed by atoms with E-state index in [1.807, 2.05) is 0 Å². The first kappa shape index (κ1) is 21.9. The van der Waals surface area contributed by atoms with Crippen molar-refractivity contribution in [2.45, 2.75) is 37.5 Å². The Bertz CT molecular complexity index is 1040. The first-order valence-electron chi connectivity index (χ1n) is 10.1. The number of carbonyl (C=O) groups excluding carboxylic acids is 2. The van der Waals surface area contributed by atoms with Gasteiger partial charge in [0.05, 0.1) is 4.90 Å². The molecule has 0 unspecified atom stereocenters. The number of ketones is 1. The van der Waals surface area contributed by atoms with E-state index in [9.17, 15) is 18.0 Å². The highest BCUT2D eigenvalue weighted by atomic mass is 32.2. The van der Waals surface area contributed by atoms with E-state index < -0.39 is 10.0 Å². The van der Waals surface area contributed by atoms with Gasteiger partial charge in [-0.15, -0.1) is 0 Å². The van der Waals surface area contributed by atoms with Gasteiger partial charge in [-0.3, -0.25) is 9.59 Å². The third-order valence-electron chi connectivity index (χ3n) is 5.05. The number of benzene rings is 2. The zero-order valence-corrected chi connectivity index (χ0v) is 17.8. The predicted octanol–water partition coefficient (Wildman–Crippen LogP) is 4.11. The zero-order chi connectivity index (χ0) is 21.6. The van der Waals surface area contributed by atoms with Crippen LogP contribution in [0.3, 0.4) is 0 Å². The number of Topliss-reactive ketones (excluding diaryl/α,β-unsaturated/α-hetero) is 1. The molecule has 0 atom stereocenters. The van der Waals surface area contributed by atoms with Crippen molar-refractivity contribution in [2.24, 2.45) is 0 Å². The van der Waals surface area contributed by atoms with E-state index in [2.05, 4.69) is 5.32 Å². The molecule has 1 fully saturated rings. The number of rotatable bonds is 6. The van der Waals surface area contributed by atoms with Crippen molar-refractivity contribution >= 4 is 33.5 Å². The SMILES string of the molecule is CC(=O)c1cccc(NC(=O)/C=C/c2ccc(S(=O)(=O)N3CCCCCC3)cc2)c1.